The van der Waals surface area contributed by atoms with Gasteiger partial charge in [-0.05, 0) is 6.92 Å². The van der Waals surface area contributed by atoms with Crippen molar-refractivity contribution < 1.29 is 19.1 Å². The number of esters is 2. The predicted molar refractivity (Wildman–Crippen MR) is 41.2 cm³/mol. The lowest BCUT2D eigenvalue weighted by Crippen LogP contribution is -2.41. The van der Waals surface area contributed by atoms with Gasteiger partial charge in [0.1, 0.15) is 6.04 Å². The van der Waals surface area contributed by atoms with Crippen molar-refractivity contribution >= 4 is 11.9 Å². The molecule has 0 aromatic heterocycles. The Labute approximate surface area is 70.8 Å². The Bertz CT molecular complexity index is 160. The van der Waals surface area contributed by atoms with Gasteiger partial charge >= 0.3 is 11.9 Å². The van der Waals surface area contributed by atoms with E-state index in [1.165, 1.54) is 21.1 Å². The minimum Gasteiger partial charge on any atom is -0.469 e. The quantitative estimate of drug-likeness (QED) is 0.573. The summed E-state index contributed by atoms with van der Waals surface area (Å²) < 4.78 is 8.76. The molecule has 5 heteroatoms. The first kappa shape index (κ1) is 10.9. The van der Waals surface area contributed by atoms with E-state index in [9.17, 15) is 9.59 Å². The first-order valence-corrected chi connectivity index (χ1v) is 3.45. The highest BCUT2D eigenvalue weighted by Crippen LogP contribution is 2.03. The molecule has 0 amide bonds. The minimum absolute atomic E-state index is 0.520. The van der Waals surface area contributed by atoms with Gasteiger partial charge in [-0.2, -0.15) is 0 Å². The van der Waals surface area contributed by atoms with Crippen molar-refractivity contribution in [2.75, 3.05) is 14.2 Å². The fraction of sp³-hybridized carbons (Fsp3) is 0.714. The van der Waals surface area contributed by atoms with Crippen molar-refractivity contribution in [2.45, 2.75) is 13.0 Å². The number of methoxy groups -OCH3 is 2. The van der Waals surface area contributed by atoms with Gasteiger partial charge in [0, 0.05) is 0 Å². The first-order valence-electron chi connectivity index (χ1n) is 3.45. The van der Waals surface area contributed by atoms with Crippen LogP contribution in [0.2, 0.25) is 0 Å². The van der Waals surface area contributed by atoms with E-state index in [2.05, 4.69) is 9.47 Å². The van der Waals surface area contributed by atoms with Crippen LogP contribution in [0.5, 0.6) is 0 Å². The number of nitrogens with two attached hydrogens (primary N) is 1. The molecule has 0 aliphatic carbocycles. The van der Waals surface area contributed by atoms with Crippen LogP contribution in [0.15, 0.2) is 0 Å². The summed E-state index contributed by atoms with van der Waals surface area (Å²) in [7, 11) is 2.45. The monoisotopic (exact) mass is 175 g/mol. The Morgan fingerprint density at radius 2 is 1.58 bits per heavy atom. The third-order valence-corrected chi connectivity index (χ3v) is 1.58. The molecular weight excluding hydrogens is 162 g/mol. The zero-order chi connectivity index (χ0) is 9.72. The maximum atomic E-state index is 10.9. The number of carbonyl (C=O) groups excluding carboxylic acids is 2. The Hall–Kier alpha value is -1.10. The molecule has 0 radical (unpaired) electrons. The molecule has 0 spiro atoms. The molecule has 70 valence electrons. The van der Waals surface area contributed by atoms with E-state index >= 15 is 0 Å². The smallest absolute Gasteiger partial charge is 0.323 e. The van der Waals surface area contributed by atoms with Crippen LogP contribution in [0.1, 0.15) is 6.92 Å². The number of carbonyl (C=O) groups is 2. The van der Waals surface area contributed by atoms with Crippen molar-refractivity contribution in [3.63, 3.8) is 0 Å². The molecule has 0 saturated carbocycles. The first-order chi connectivity index (χ1) is 5.54. The van der Waals surface area contributed by atoms with Crippen molar-refractivity contribution in [1.82, 2.24) is 0 Å². The van der Waals surface area contributed by atoms with Gasteiger partial charge in [0.2, 0.25) is 0 Å². The molecule has 0 aliphatic heterocycles. The Morgan fingerprint density at radius 1 is 1.17 bits per heavy atom. The zero-order valence-corrected chi connectivity index (χ0v) is 7.37. The molecule has 0 aromatic carbocycles. The topological polar surface area (TPSA) is 78.6 Å². The Morgan fingerprint density at radius 3 is 1.92 bits per heavy atom. The Balaban J connectivity index is 4.18. The number of hydrogen-bond donors (Lipinski definition) is 1. The second-order valence-corrected chi connectivity index (χ2v) is 2.36. The van der Waals surface area contributed by atoms with Crippen LogP contribution < -0.4 is 5.73 Å². The van der Waals surface area contributed by atoms with Gasteiger partial charge in [-0.3, -0.25) is 9.59 Å². The molecule has 0 aliphatic rings. The van der Waals surface area contributed by atoms with E-state index in [4.69, 9.17) is 5.73 Å². The third kappa shape index (κ3) is 2.50. The van der Waals surface area contributed by atoms with Crippen LogP contribution in [-0.4, -0.2) is 32.2 Å². The van der Waals surface area contributed by atoms with Crippen molar-refractivity contribution in [3.8, 4) is 0 Å². The third-order valence-electron chi connectivity index (χ3n) is 1.58. The highest BCUT2D eigenvalue weighted by Gasteiger charge is 2.27. The average Bonchev–Trinajstić information content (AvgIpc) is 2.12. The standard InChI is InChI=1S/C7H13NO4/c1-4(6(9)11-2)5(8)7(10)12-3/h4-5H,8H2,1-3H3. The van der Waals surface area contributed by atoms with E-state index in [0.717, 1.165) is 0 Å². The maximum Gasteiger partial charge on any atom is 0.323 e. The lowest BCUT2D eigenvalue weighted by atomic mass is 10.0. The molecular formula is C7H13NO4. The van der Waals surface area contributed by atoms with Crippen LogP contribution in [0.25, 0.3) is 0 Å². The van der Waals surface area contributed by atoms with Crippen LogP contribution in [0.3, 0.4) is 0 Å². The number of rotatable bonds is 3. The second kappa shape index (κ2) is 4.71. The summed E-state index contributed by atoms with van der Waals surface area (Å²) in [6, 6.07) is -0.956. The number of hydrogen-bond acceptors (Lipinski definition) is 5. The second-order valence-electron chi connectivity index (χ2n) is 2.36. The Kier molecular flexibility index (Phi) is 4.28. The zero-order valence-electron chi connectivity index (χ0n) is 7.37. The lowest BCUT2D eigenvalue weighted by Gasteiger charge is -2.14. The van der Waals surface area contributed by atoms with Gasteiger partial charge in [-0.25, -0.2) is 0 Å². The van der Waals surface area contributed by atoms with Crippen molar-refractivity contribution in [2.24, 2.45) is 11.7 Å². The van der Waals surface area contributed by atoms with Crippen molar-refractivity contribution in [3.05, 3.63) is 0 Å². The van der Waals surface area contributed by atoms with E-state index in [-0.39, 0.29) is 0 Å². The molecule has 2 N–H and O–H groups in total. The highest BCUT2D eigenvalue weighted by atomic mass is 16.5. The van der Waals surface area contributed by atoms with Crippen LogP contribution >= 0.6 is 0 Å². The van der Waals surface area contributed by atoms with Gasteiger partial charge in [0.25, 0.3) is 0 Å². The number of ether oxygens (including phenoxy) is 2. The van der Waals surface area contributed by atoms with Gasteiger partial charge in [-0.15, -0.1) is 0 Å². The van der Waals surface area contributed by atoms with Gasteiger partial charge in [0.05, 0.1) is 20.1 Å². The molecule has 0 saturated heterocycles. The van der Waals surface area contributed by atoms with E-state index < -0.39 is 23.9 Å². The molecule has 0 bridgehead atoms. The summed E-state index contributed by atoms with van der Waals surface area (Å²) in [5, 5.41) is 0. The van der Waals surface area contributed by atoms with Crippen LogP contribution in [-0.2, 0) is 19.1 Å². The molecule has 2 atom stereocenters. The van der Waals surface area contributed by atoms with Gasteiger partial charge < -0.3 is 15.2 Å². The molecule has 0 aromatic rings. The summed E-state index contributed by atoms with van der Waals surface area (Å²) in [6.07, 6.45) is 0. The predicted octanol–water partition coefficient (Wildman–Crippen LogP) is -0.704. The average molecular weight is 175 g/mol. The van der Waals surface area contributed by atoms with E-state index in [1.807, 2.05) is 0 Å². The normalized spacial score (nSPS) is 14.7. The summed E-state index contributed by atoms with van der Waals surface area (Å²) in [6.45, 7) is 1.51. The maximum absolute atomic E-state index is 10.9. The van der Waals surface area contributed by atoms with Crippen LogP contribution in [0.4, 0.5) is 0 Å². The van der Waals surface area contributed by atoms with E-state index in [1.54, 1.807) is 0 Å². The summed E-state index contributed by atoms with van der Waals surface area (Å²) in [5.41, 5.74) is 5.37. The fourth-order valence-electron chi connectivity index (χ4n) is 0.673. The summed E-state index contributed by atoms with van der Waals surface area (Å²) in [4.78, 5) is 21.7. The molecule has 0 rings (SSSR count). The van der Waals surface area contributed by atoms with Gasteiger partial charge in [0.15, 0.2) is 0 Å². The summed E-state index contributed by atoms with van der Waals surface area (Å²) >= 11 is 0. The molecule has 2 unspecified atom stereocenters. The van der Waals surface area contributed by atoms with E-state index in [0.29, 0.717) is 0 Å². The fourth-order valence-corrected chi connectivity index (χ4v) is 0.673. The summed E-state index contributed by atoms with van der Waals surface area (Å²) in [5.74, 6) is -1.82. The SMILES string of the molecule is COC(=O)C(C)C(N)C(=O)OC. The van der Waals surface area contributed by atoms with Crippen LogP contribution in [0, 0.1) is 5.92 Å². The molecule has 0 fully saturated rings. The molecule has 5 nitrogen and oxygen atoms in total. The van der Waals surface area contributed by atoms with Crippen molar-refractivity contribution in [1.29, 1.82) is 0 Å². The molecule has 12 heavy (non-hydrogen) atoms. The highest BCUT2D eigenvalue weighted by molar-refractivity contribution is 5.84. The molecule has 0 heterocycles. The minimum atomic E-state index is -0.956. The largest absolute Gasteiger partial charge is 0.469 e. The van der Waals surface area contributed by atoms with Gasteiger partial charge in [-0.1, -0.05) is 0 Å². The lowest BCUT2D eigenvalue weighted by molar-refractivity contribution is -0.152.